The van der Waals surface area contributed by atoms with E-state index >= 15 is 0 Å². The van der Waals surface area contributed by atoms with Crippen molar-refractivity contribution < 1.29 is 9.59 Å². The number of carbonyl (C=O) groups excluding carboxylic acids is 2. The Hall–Kier alpha value is -1.40. The molecule has 2 amide bonds. The zero-order valence-corrected chi connectivity index (χ0v) is 17.2. The predicted octanol–water partition coefficient (Wildman–Crippen LogP) is 3.42. The third kappa shape index (κ3) is 4.46. The Morgan fingerprint density at radius 3 is 2.42 bits per heavy atom. The molecule has 0 unspecified atom stereocenters. The van der Waals surface area contributed by atoms with E-state index in [1.165, 1.54) is 0 Å². The van der Waals surface area contributed by atoms with Gasteiger partial charge in [0, 0.05) is 23.5 Å². The van der Waals surface area contributed by atoms with Crippen molar-refractivity contribution in [2.24, 2.45) is 5.92 Å². The van der Waals surface area contributed by atoms with Crippen molar-refractivity contribution >= 4 is 33.4 Å². The number of nitrogens with zero attached hydrogens (tertiary/aromatic N) is 2. The van der Waals surface area contributed by atoms with Gasteiger partial charge >= 0.3 is 0 Å². The fourth-order valence-corrected chi connectivity index (χ4v) is 4.45. The summed E-state index contributed by atoms with van der Waals surface area (Å²) < 4.78 is 0.896. The Bertz CT molecular complexity index is 665. The van der Waals surface area contributed by atoms with Crippen LogP contribution < -0.4 is 5.32 Å². The summed E-state index contributed by atoms with van der Waals surface area (Å²) in [4.78, 5) is 29.4. The summed E-state index contributed by atoms with van der Waals surface area (Å²) in [6, 6.07) is 5.70. The Labute approximate surface area is 164 Å². The molecule has 0 radical (unpaired) electrons. The van der Waals surface area contributed by atoms with E-state index in [9.17, 15) is 9.59 Å². The van der Waals surface area contributed by atoms with Crippen LogP contribution in [0.25, 0.3) is 0 Å². The van der Waals surface area contributed by atoms with Crippen LogP contribution in [0.4, 0.5) is 5.69 Å². The maximum Gasteiger partial charge on any atom is 0.241 e. The lowest BCUT2D eigenvalue weighted by Gasteiger charge is -2.36. The molecule has 5 nitrogen and oxygen atoms in total. The average molecular weight is 422 g/mol. The fourth-order valence-electron chi connectivity index (χ4n) is 3.85. The summed E-state index contributed by atoms with van der Waals surface area (Å²) in [7, 11) is 0. The van der Waals surface area contributed by atoms with Gasteiger partial charge in [0.15, 0.2) is 0 Å². The Balaban J connectivity index is 1.51. The van der Waals surface area contributed by atoms with Gasteiger partial charge in [0.2, 0.25) is 11.8 Å². The van der Waals surface area contributed by atoms with Crippen LogP contribution in [-0.4, -0.2) is 53.8 Å². The van der Waals surface area contributed by atoms with E-state index in [1.807, 2.05) is 36.9 Å². The first-order valence-electron chi connectivity index (χ1n) is 9.55. The highest BCUT2D eigenvalue weighted by atomic mass is 79.9. The van der Waals surface area contributed by atoms with Crippen LogP contribution in [0.3, 0.4) is 0 Å². The molecule has 2 fully saturated rings. The number of piperidine rings is 1. The van der Waals surface area contributed by atoms with Gasteiger partial charge in [-0.2, -0.15) is 0 Å². The van der Waals surface area contributed by atoms with Crippen molar-refractivity contribution in [2.75, 3.05) is 31.5 Å². The van der Waals surface area contributed by atoms with Crippen molar-refractivity contribution in [3.05, 3.63) is 28.2 Å². The lowest BCUT2D eigenvalue weighted by molar-refractivity contribution is -0.136. The van der Waals surface area contributed by atoms with Crippen LogP contribution in [0, 0.1) is 12.8 Å². The minimum absolute atomic E-state index is 0.00104. The zero-order chi connectivity index (χ0) is 18.7. The number of anilines is 1. The smallest absolute Gasteiger partial charge is 0.241 e. The molecule has 142 valence electrons. The van der Waals surface area contributed by atoms with Gasteiger partial charge in [0.05, 0.1) is 11.7 Å². The quantitative estimate of drug-likeness (QED) is 0.809. The number of hydrogen-bond acceptors (Lipinski definition) is 3. The van der Waals surface area contributed by atoms with Crippen molar-refractivity contribution in [3.63, 3.8) is 0 Å². The molecule has 3 rings (SSSR count). The predicted molar refractivity (Wildman–Crippen MR) is 107 cm³/mol. The first-order chi connectivity index (χ1) is 12.5. The molecule has 2 aliphatic heterocycles. The molecule has 2 saturated heterocycles. The molecule has 2 heterocycles. The number of halogens is 1. The van der Waals surface area contributed by atoms with Gasteiger partial charge in [-0.15, -0.1) is 0 Å². The molecule has 0 bridgehead atoms. The summed E-state index contributed by atoms with van der Waals surface area (Å²) in [6.07, 6.45) is 3.97. The third-order valence-corrected chi connectivity index (χ3v) is 6.26. The number of likely N-dealkylation sites (tertiary alicyclic amines) is 2. The molecule has 1 atom stereocenters. The van der Waals surface area contributed by atoms with Gasteiger partial charge in [-0.3, -0.25) is 14.5 Å². The Kier molecular flexibility index (Phi) is 6.35. The monoisotopic (exact) mass is 421 g/mol. The lowest BCUT2D eigenvalue weighted by Crippen LogP contribution is -2.48. The molecule has 2 aliphatic rings. The normalized spacial score (nSPS) is 20.2. The maximum absolute atomic E-state index is 12.6. The number of amides is 2. The molecule has 26 heavy (non-hydrogen) atoms. The van der Waals surface area contributed by atoms with E-state index in [1.54, 1.807) is 0 Å². The van der Waals surface area contributed by atoms with Gasteiger partial charge in [-0.1, -0.05) is 6.07 Å². The second-order valence-corrected chi connectivity index (χ2v) is 8.35. The van der Waals surface area contributed by atoms with Gasteiger partial charge in [0.1, 0.15) is 0 Å². The average Bonchev–Trinajstić information content (AvgIpc) is 3.17. The summed E-state index contributed by atoms with van der Waals surface area (Å²) in [6.45, 7) is 7.40. The molecule has 1 aromatic carbocycles. The fraction of sp³-hybridized carbons (Fsp3) is 0.600. The summed E-state index contributed by atoms with van der Waals surface area (Å²) in [5, 5.41) is 3.01. The number of nitrogens with one attached hydrogen (secondary N) is 1. The first kappa shape index (κ1) is 19.4. The Morgan fingerprint density at radius 2 is 1.81 bits per heavy atom. The second-order valence-electron chi connectivity index (χ2n) is 7.49. The van der Waals surface area contributed by atoms with Crippen LogP contribution in [0.15, 0.2) is 22.7 Å². The van der Waals surface area contributed by atoms with E-state index < -0.39 is 0 Å². The van der Waals surface area contributed by atoms with Gasteiger partial charge in [0.25, 0.3) is 0 Å². The number of carbonyl (C=O) groups is 2. The van der Waals surface area contributed by atoms with Gasteiger partial charge in [-0.25, -0.2) is 0 Å². The number of benzene rings is 1. The van der Waals surface area contributed by atoms with Crippen molar-refractivity contribution in [3.8, 4) is 0 Å². The highest BCUT2D eigenvalue weighted by Crippen LogP contribution is 2.26. The Morgan fingerprint density at radius 1 is 1.15 bits per heavy atom. The van der Waals surface area contributed by atoms with E-state index in [2.05, 4.69) is 26.1 Å². The van der Waals surface area contributed by atoms with E-state index in [0.717, 1.165) is 67.6 Å². The summed E-state index contributed by atoms with van der Waals surface area (Å²) in [5.74, 6) is 0.451. The van der Waals surface area contributed by atoms with Crippen molar-refractivity contribution in [1.29, 1.82) is 0 Å². The highest BCUT2D eigenvalue weighted by molar-refractivity contribution is 9.10. The summed E-state index contributed by atoms with van der Waals surface area (Å²) >= 11 is 3.51. The molecule has 0 saturated carbocycles. The van der Waals surface area contributed by atoms with Crippen molar-refractivity contribution in [2.45, 2.75) is 45.6 Å². The standard InChI is InChI=1S/C20H28BrN3O2/c1-14-5-6-18(17(21)13-14)22-19(25)15(2)23-11-7-16(8-12-23)20(26)24-9-3-4-10-24/h5-6,13,15-16H,3-4,7-12H2,1-2H3,(H,22,25)/t15-/m0/s1. The second kappa shape index (κ2) is 8.53. The minimum atomic E-state index is -0.203. The van der Waals surface area contributed by atoms with Crippen LogP contribution in [0.1, 0.15) is 38.2 Å². The summed E-state index contributed by atoms with van der Waals surface area (Å²) in [5.41, 5.74) is 1.94. The SMILES string of the molecule is Cc1ccc(NC(=O)[C@H](C)N2CCC(C(=O)N3CCCC3)CC2)c(Br)c1. The topological polar surface area (TPSA) is 52.7 Å². The van der Waals surface area contributed by atoms with Crippen LogP contribution in [-0.2, 0) is 9.59 Å². The molecule has 6 heteroatoms. The van der Waals surface area contributed by atoms with Crippen LogP contribution in [0.5, 0.6) is 0 Å². The molecule has 0 spiro atoms. The third-order valence-electron chi connectivity index (χ3n) is 5.61. The molecule has 0 aliphatic carbocycles. The lowest BCUT2D eigenvalue weighted by atomic mass is 9.94. The van der Waals surface area contributed by atoms with E-state index in [-0.39, 0.29) is 17.9 Å². The molecular weight excluding hydrogens is 394 g/mol. The number of aryl methyl sites for hydroxylation is 1. The highest BCUT2D eigenvalue weighted by Gasteiger charge is 2.32. The van der Waals surface area contributed by atoms with Gasteiger partial charge in [-0.05, 0) is 86.2 Å². The van der Waals surface area contributed by atoms with E-state index in [4.69, 9.17) is 0 Å². The van der Waals surface area contributed by atoms with Crippen molar-refractivity contribution in [1.82, 2.24) is 9.80 Å². The maximum atomic E-state index is 12.6. The zero-order valence-electron chi connectivity index (χ0n) is 15.6. The number of rotatable bonds is 4. The number of hydrogen-bond donors (Lipinski definition) is 1. The first-order valence-corrected chi connectivity index (χ1v) is 10.3. The molecule has 1 N–H and O–H groups in total. The molecule has 1 aromatic rings. The molecule has 0 aromatic heterocycles. The minimum Gasteiger partial charge on any atom is -0.342 e. The van der Waals surface area contributed by atoms with Gasteiger partial charge < -0.3 is 10.2 Å². The van der Waals surface area contributed by atoms with Crippen LogP contribution in [0.2, 0.25) is 0 Å². The van der Waals surface area contributed by atoms with Crippen LogP contribution >= 0.6 is 15.9 Å². The van der Waals surface area contributed by atoms with E-state index in [0.29, 0.717) is 5.91 Å². The largest absolute Gasteiger partial charge is 0.342 e. The molecular formula is C20H28BrN3O2.